The standard InChI is InChI=1S/C26H23NO4/c1-30-20-14-11-19(12-15-20)26(27-24(29)17-31-21-8-3-2-4-9-21)25-22-10-6-5-7-18(22)13-16-23(25)28/h2-16,26,28H,17H2,1H3,(H,27,29)/t26-/m0/s1. The second kappa shape index (κ2) is 9.22. The molecular weight excluding hydrogens is 390 g/mol. The predicted molar refractivity (Wildman–Crippen MR) is 121 cm³/mol. The number of ether oxygens (including phenoxy) is 2. The van der Waals surface area contributed by atoms with Crippen LogP contribution in [0.1, 0.15) is 17.2 Å². The normalized spacial score (nSPS) is 11.6. The highest BCUT2D eigenvalue weighted by molar-refractivity contribution is 5.89. The lowest BCUT2D eigenvalue weighted by atomic mass is 9.92. The Hall–Kier alpha value is -3.99. The van der Waals surface area contributed by atoms with E-state index in [1.165, 1.54) is 0 Å². The van der Waals surface area contributed by atoms with Gasteiger partial charge in [0.05, 0.1) is 13.2 Å². The second-order valence-corrected chi connectivity index (χ2v) is 7.09. The largest absolute Gasteiger partial charge is 0.508 e. The van der Waals surface area contributed by atoms with Crippen LogP contribution in [0, 0.1) is 0 Å². The lowest BCUT2D eigenvalue weighted by Gasteiger charge is -2.23. The van der Waals surface area contributed by atoms with E-state index in [4.69, 9.17) is 9.47 Å². The second-order valence-electron chi connectivity index (χ2n) is 7.09. The van der Waals surface area contributed by atoms with Crippen molar-refractivity contribution in [3.63, 3.8) is 0 Å². The quantitative estimate of drug-likeness (QED) is 0.455. The maximum absolute atomic E-state index is 12.8. The van der Waals surface area contributed by atoms with Gasteiger partial charge in [0.25, 0.3) is 5.91 Å². The number of phenolic OH excluding ortho intramolecular Hbond substituents is 1. The van der Waals surface area contributed by atoms with Crippen LogP contribution in [0.2, 0.25) is 0 Å². The molecule has 0 spiro atoms. The number of hydrogen-bond acceptors (Lipinski definition) is 4. The average Bonchev–Trinajstić information content (AvgIpc) is 2.82. The smallest absolute Gasteiger partial charge is 0.258 e. The van der Waals surface area contributed by atoms with Gasteiger partial charge in [-0.1, -0.05) is 60.7 Å². The molecule has 0 saturated heterocycles. The SMILES string of the molecule is COc1ccc([C@H](NC(=O)COc2ccccc2)c2c(O)ccc3ccccc23)cc1. The van der Waals surface area contributed by atoms with E-state index in [0.717, 1.165) is 16.3 Å². The molecule has 4 rings (SSSR count). The number of fused-ring (bicyclic) bond motifs is 1. The molecule has 0 heterocycles. The first-order valence-electron chi connectivity index (χ1n) is 9.97. The Morgan fingerprint density at radius 1 is 0.871 bits per heavy atom. The van der Waals surface area contributed by atoms with Crippen LogP contribution >= 0.6 is 0 Å². The molecule has 0 saturated carbocycles. The Kier molecular flexibility index (Phi) is 6.03. The Balaban J connectivity index is 1.68. The summed E-state index contributed by atoms with van der Waals surface area (Å²) >= 11 is 0. The zero-order valence-electron chi connectivity index (χ0n) is 17.1. The third-order valence-corrected chi connectivity index (χ3v) is 5.10. The van der Waals surface area contributed by atoms with Crippen molar-refractivity contribution >= 4 is 16.7 Å². The Bertz CT molecular complexity index is 1170. The highest BCUT2D eigenvalue weighted by atomic mass is 16.5. The molecule has 0 fully saturated rings. The number of phenols is 1. The fourth-order valence-corrected chi connectivity index (χ4v) is 3.57. The summed E-state index contributed by atoms with van der Waals surface area (Å²) in [6.45, 7) is -0.137. The van der Waals surface area contributed by atoms with Gasteiger partial charge in [-0.05, 0) is 46.7 Å². The van der Waals surface area contributed by atoms with Crippen molar-refractivity contribution in [2.45, 2.75) is 6.04 Å². The zero-order chi connectivity index (χ0) is 21.6. The molecular formula is C26H23NO4. The highest BCUT2D eigenvalue weighted by Crippen LogP contribution is 2.36. The lowest BCUT2D eigenvalue weighted by Crippen LogP contribution is -2.33. The van der Waals surface area contributed by atoms with E-state index in [9.17, 15) is 9.90 Å². The van der Waals surface area contributed by atoms with E-state index in [0.29, 0.717) is 17.1 Å². The number of para-hydroxylation sites is 1. The molecule has 0 bridgehead atoms. The van der Waals surface area contributed by atoms with Gasteiger partial charge in [-0.3, -0.25) is 4.79 Å². The molecule has 4 aromatic rings. The molecule has 5 heteroatoms. The van der Waals surface area contributed by atoms with Crippen LogP contribution in [0.15, 0.2) is 91.0 Å². The third kappa shape index (κ3) is 4.61. The van der Waals surface area contributed by atoms with Gasteiger partial charge in [-0.25, -0.2) is 0 Å². The number of carbonyl (C=O) groups excluding carboxylic acids is 1. The van der Waals surface area contributed by atoms with E-state index in [2.05, 4.69) is 5.32 Å². The number of methoxy groups -OCH3 is 1. The van der Waals surface area contributed by atoms with E-state index in [1.54, 1.807) is 25.3 Å². The molecule has 31 heavy (non-hydrogen) atoms. The molecule has 5 nitrogen and oxygen atoms in total. The molecule has 156 valence electrons. The minimum Gasteiger partial charge on any atom is -0.508 e. The molecule has 0 aliphatic heterocycles. The number of hydrogen-bond donors (Lipinski definition) is 2. The van der Waals surface area contributed by atoms with Crippen LogP contribution in [-0.2, 0) is 4.79 Å². The first-order chi connectivity index (χ1) is 15.2. The van der Waals surface area contributed by atoms with Crippen molar-refractivity contribution in [2.75, 3.05) is 13.7 Å². The number of rotatable bonds is 7. The van der Waals surface area contributed by atoms with Crippen molar-refractivity contribution in [1.29, 1.82) is 0 Å². The van der Waals surface area contributed by atoms with Gasteiger partial charge in [0.2, 0.25) is 0 Å². The molecule has 4 aromatic carbocycles. The van der Waals surface area contributed by atoms with Gasteiger partial charge < -0.3 is 19.9 Å². The zero-order valence-corrected chi connectivity index (χ0v) is 17.1. The third-order valence-electron chi connectivity index (χ3n) is 5.10. The van der Waals surface area contributed by atoms with Gasteiger partial charge in [0, 0.05) is 5.56 Å². The number of benzene rings is 4. The monoisotopic (exact) mass is 413 g/mol. The molecule has 1 atom stereocenters. The van der Waals surface area contributed by atoms with E-state index >= 15 is 0 Å². The Morgan fingerprint density at radius 3 is 2.32 bits per heavy atom. The van der Waals surface area contributed by atoms with Gasteiger partial charge in [0.15, 0.2) is 6.61 Å². The molecule has 0 unspecified atom stereocenters. The first-order valence-corrected chi connectivity index (χ1v) is 9.97. The first kappa shape index (κ1) is 20.3. The molecule has 0 radical (unpaired) electrons. The average molecular weight is 413 g/mol. The van der Waals surface area contributed by atoms with Crippen molar-refractivity contribution in [3.05, 3.63) is 102 Å². The van der Waals surface area contributed by atoms with Gasteiger partial charge >= 0.3 is 0 Å². The number of carbonyl (C=O) groups is 1. The molecule has 2 N–H and O–H groups in total. The van der Waals surface area contributed by atoms with E-state index in [1.807, 2.05) is 72.8 Å². The maximum Gasteiger partial charge on any atom is 0.258 e. The molecule has 0 aliphatic rings. The van der Waals surface area contributed by atoms with Crippen LogP contribution in [0.25, 0.3) is 10.8 Å². The van der Waals surface area contributed by atoms with Crippen molar-refractivity contribution in [2.24, 2.45) is 0 Å². The fraction of sp³-hybridized carbons (Fsp3) is 0.115. The van der Waals surface area contributed by atoms with E-state index < -0.39 is 6.04 Å². The minimum absolute atomic E-state index is 0.115. The summed E-state index contributed by atoms with van der Waals surface area (Å²) in [4.78, 5) is 12.8. The molecule has 0 aliphatic carbocycles. The summed E-state index contributed by atoms with van der Waals surface area (Å²) in [7, 11) is 1.60. The summed E-state index contributed by atoms with van der Waals surface area (Å²) in [6.07, 6.45) is 0. The van der Waals surface area contributed by atoms with Crippen LogP contribution in [-0.4, -0.2) is 24.7 Å². The van der Waals surface area contributed by atoms with Gasteiger partial charge in [-0.15, -0.1) is 0 Å². The van der Waals surface area contributed by atoms with Crippen LogP contribution in [0.3, 0.4) is 0 Å². The Labute approximate surface area is 180 Å². The van der Waals surface area contributed by atoms with Crippen molar-refractivity contribution in [3.8, 4) is 17.2 Å². The predicted octanol–water partition coefficient (Wildman–Crippen LogP) is 4.84. The summed E-state index contributed by atoms with van der Waals surface area (Å²) in [5.41, 5.74) is 1.46. The van der Waals surface area contributed by atoms with Crippen molar-refractivity contribution in [1.82, 2.24) is 5.32 Å². The maximum atomic E-state index is 12.8. The number of amides is 1. The fourth-order valence-electron chi connectivity index (χ4n) is 3.57. The Morgan fingerprint density at radius 2 is 1.58 bits per heavy atom. The van der Waals surface area contributed by atoms with Gasteiger partial charge in [-0.2, -0.15) is 0 Å². The lowest BCUT2D eigenvalue weighted by molar-refractivity contribution is -0.123. The summed E-state index contributed by atoms with van der Waals surface area (Å²) in [5.74, 6) is 1.15. The molecule has 1 amide bonds. The molecule has 0 aromatic heterocycles. The summed E-state index contributed by atoms with van der Waals surface area (Å²) in [6, 6.07) is 27.3. The van der Waals surface area contributed by atoms with Crippen LogP contribution < -0.4 is 14.8 Å². The summed E-state index contributed by atoms with van der Waals surface area (Å²) < 4.78 is 10.9. The van der Waals surface area contributed by atoms with Crippen LogP contribution in [0.4, 0.5) is 0 Å². The topological polar surface area (TPSA) is 67.8 Å². The number of nitrogens with one attached hydrogen (secondary N) is 1. The van der Waals surface area contributed by atoms with Crippen LogP contribution in [0.5, 0.6) is 17.2 Å². The minimum atomic E-state index is -0.566. The van der Waals surface area contributed by atoms with E-state index in [-0.39, 0.29) is 18.3 Å². The van der Waals surface area contributed by atoms with Gasteiger partial charge in [0.1, 0.15) is 17.2 Å². The number of aromatic hydroxyl groups is 1. The highest BCUT2D eigenvalue weighted by Gasteiger charge is 2.23. The summed E-state index contributed by atoms with van der Waals surface area (Å²) in [5, 5.41) is 15.6. The van der Waals surface area contributed by atoms with Crippen molar-refractivity contribution < 1.29 is 19.4 Å².